The standard InChI is InChI=1S/C18H12N2O4/c21-20(22)16-3-1-2-15-14(16)8-7-13(19-15)6-4-12-5-9-17-18(10-12)24-11-23-17/h1-10H,11H2/b6-4+. The van der Waals surface area contributed by atoms with E-state index >= 15 is 0 Å². The highest BCUT2D eigenvalue weighted by Crippen LogP contribution is 2.33. The molecule has 118 valence electrons. The van der Waals surface area contributed by atoms with E-state index in [-0.39, 0.29) is 12.5 Å². The van der Waals surface area contributed by atoms with Crippen LogP contribution in [0.2, 0.25) is 0 Å². The molecule has 0 atom stereocenters. The Morgan fingerprint density at radius 3 is 2.79 bits per heavy atom. The van der Waals surface area contributed by atoms with Crippen LogP contribution in [-0.4, -0.2) is 16.7 Å². The molecule has 0 aliphatic carbocycles. The molecular formula is C18H12N2O4. The highest BCUT2D eigenvalue weighted by Gasteiger charge is 2.13. The van der Waals surface area contributed by atoms with Gasteiger partial charge in [-0.1, -0.05) is 18.2 Å². The van der Waals surface area contributed by atoms with Crippen LogP contribution < -0.4 is 9.47 Å². The summed E-state index contributed by atoms with van der Waals surface area (Å²) in [4.78, 5) is 15.1. The summed E-state index contributed by atoms with van der Waals surface area (Å²) in [5.41, 5.74) is 2.34. The van der Waals surface area contributed by atoms with E-state index in [4.69, 9.17) is 9.47 Å². The molecule has 1 aromatic heterocycles. The molecule has 1 aliphatic rings. The van der Waals surface area contributed by atoms with Gasteiger partial charge in [0.1, 0.15) is 0 Å². The Morgan fingerprint density at radius 1 is 1.04 bits per heavy atom. The Bertz CT molecular complexity index is 982. The largest absolute Gasteiger partial charge is 0.454 e. The molecule has 6 heteroatoms. The number of ether oxygens (including phenoxy) is 2. The number of non-ortho nitro benzene ring substituents is 1. The Labute approximate surface area is 137 Å². The van der Waals surface area contributed by atoms with E-state index in [1.807, 2.05) is 30.4 Å². The number of rotatable bonds is 3. The van der Waals surface area contributed by atoms with E-state index in [2.05, 4.69) is 4.98 Å². The van der Waals surface area contributed by atoms with Crippen LogP contribution in [-0.2, 0) is 0 Å². The first-order valence-electron chi connectivity index (χ1n) is 7.32. The lowest BCUT2D eigenvalue weighted by Gasteiger charge is -2.01. The van der Waals surface area contributed by atoms with Crippen molar-refractivity contribution in [1.82, 2.24) is 4.98 Å². The minimum Gasteiger partial charge on any atom is -0.454 e. The van der Waals surface area contributed by atoms with Crippen molar-refractivity contribution in [3.8, 4) is 11.5 Å². The average molecular weight is 320 g/mol. The molecule has 0 spiro atoms. The summed E-state index contributed by atoms with van der Waals surface area (Å²) in [6, 6.07) is 14.0. The Kier molecular flexibility index (Phi) is 3.35. The van der Waals surface area contributed by atoms with Crippen LogP contribution in [0.1, 0.15) is 11.3 Å². The summed E-state index contributed by atoms with van der Waals surface area (Å²) in [7, 11) is 0. The SMILES string of the molecule is O=[N+]([O-])c1cccc2nc(/C=C/c3ccc4c(c3)OCO4)ccc12. The van der Waals surface area contributed by atoms with Gasteiger partial charge in [-0.15, -0.1) is 0 Å². The topological polar surface area (TPSA) is 74.5 Å². The van der Waals surface area contributed by atoms with Crippen LogP contribution >= 0.6 is 0 Å². The number of benzene rings is 2. The molecule has 1 aliphatic heterocycles. The van der Waals surface area contributed by atoms with Gasteiger partial charge in [-0.2, -0.15) is 0 Å². The van der Waals surface area contributed by atoms with E-state index in [9.17, 15) is 10.1 Å². The number of hydrogen-bond acceptors (Lipinski definition) is 5. The first-order chi connectivity index (χ1) is 11.7. The van der Waals surface area contributed by atoms with Gasteiger partial charge in [0.25, 0.3) is 5.69 Å². The first-order valence-corrected chi connectivity index (χ1v) is 7.32. The van der Waals surface area contributed by atoms with Gasteiger partial charge in [-0.25, -0.2) is 4.98 Å². The van der Waals surface area contributed by atoms with E-state index in [0.717, 1.165) is 22.8 Å². The molecule has 3 aromatic rings. The van der Waals surface area contributed by atoms with Crippen LogP contribution in [0.3, 0.4) is 0 Å². The smallest absolute Gasteiger partial charge is 0.278 e. The quantitative estimate of drug-likeness (QED) is 0.538. The third-order valence-corrected chi connectivity index (χ3v) is 3.77. The second-order valence-electron chi connectivity index (χ2n) is 5.28. The third-order valence-electron chi connectivity index (χ3n) is 3.77. The summed E-state index contributed by atoms with van der Waals surface area (Å²) in [5.74, 6) is 1.46. The normalized spacial score (nSPS) is 12.8. The van der Waals surface area contributed by atoms with Crippen LogP contribution in [0.5, 0.6) is 11.5 Å². The van der Waals surface area contributed by atoms with Crippen LogP contribution in [0.4, 0.5) is 5.69 Å². The van der Waals surface area contributed by atoms with Crippen molar-refractivity contribution in [2.45, 2.75) is 0 Å². The van der Waals surface area contributed by atoms with Crippen molar-refractivity contribution in [2.24, 2.45) is 0 Å². The van der Waals surface area contributed by atoms with Crippen LogP contribution in [0, 0.1) is 10.1 Å². The monoisotopic (exact) mass is 320 g/mol. The maximum atomic E-state index is 11.0. The molecule has 0 saturated heterocycles. The molecule has 0 fully saturated rings. The zero-order chi connectivity index (χ0) is 16.5. The van der Waals surface area contributed by atoms with E-state index in [0.29, 0.717) is 10.9 Å². The average Bonchev–Trinajstić information content (AvgIpc) is 3.06. The van der Waals surface area contributed by atoms with Gasteiger partial charge in [0.2, 0.25) is 6.79 Å². The summed E-state index contributed by atoms with van der Waals surface area (Å²) >= 11 is 0. The van der Waals surface area contributed by atoms with Crippen LogP contribution in [0.15, 0.2) is 48.5 Å². The number of fused-ring (bicyclic) bond motifs is 2. The molecule has 24 heavy (non-hydrogen) atoms. The third kappa shape index (κ3) is 2.54. The number of nitro benzene ring substituents is 1. The van der Waals surface area contributed by atoms with Crippen molar-refractivity contribution in [2.75, 3.05) is 6.79 Å². The van der Waals surface area contributed by atoms with Crippen molar-refractivity contribution in [1.29, 1.82) is 0 Å². The van der Waals surface area contributed by atoms with Crippen molar-refractivity contribution in [3.05, 3.63) is 69.9 Å². The minimum absolute atomic E-state index is 0.0614. The molecule has 0 saturated carbocycles. The molecule has 0 amide bonds. The molecule has 0 radical (unpaired) electrons. The lowest BCUT2D eigenvalue weighted by Crippen LogP contribution is -1.92. The number of pyridine rings is 1. The number of nitrogens with zero attached hydrogens (tertiary/aromatic N) is 2. The van der Waals surface area contributed by atoms with Gasteiger partial charge in [-0.3, -0.25) is 10.1 Å². The maximum absolute atomic E-state index is 11.0. The fraction of sp³-hybridized carbons (Fsp3) is 0.0556. The fourth-order valence-corrected chi connectivity index (χ4v) is 2.60. The molecule has 6 nitrogen and oxygen atoms in total. The second kappa shape index (κ2) is 5.66. The number of hydrogen-bond donors (Lipinski definition) is 0. The van der Waals surface area contributed by atoms with Gasteiger partial charge in [0, 0.05) is 6.07 Å². The first kappa shape index (κ1) is 14.2. The number of aromatic nitrogens is 1. The van der Waals surface area contributed by atoms with Gasteiger partial charge < -0.3 is 9.47 Å². The Morgan fingerprint density at radius 2 is 1.92 bits per heavy atom. The Hall–Kier alpha value is -3.41. The lowest BCUT2D eigenvalue weighted by molar-refractivity contribution is -0.383. The van der Waals surface area contributed by atoms with Crippen molar-refractivity contribution < 1.29 is 14.4 Å². The summed E-state index contributed by atoms with van der Waals surface area (Å²) < 4.78 is 10.6. The lowest BCUT2D eigenvalue weighted by atomic mass is 10.1. The predicted molar refractivity (Wildman–Crippen MR) is 89.9 cm³/mol. The van der Waals surface area contributed by atoms with Gasteiger partial charge >= 0.3 is 0 Å². The highest BCUT2D eigenvalue weighted by atomic mass is 16.7. The second-order valence-corrected chi connectivity index (χ2v) is 5.28. The fourth-order valence-electron chi connectivity index (χ4n) is 2.60. The Balaban J connectivity index is 1.66. The van der Waals surface area contributed by atoms with Crippen LogP contribution in [0.25, 0.3) is 23.1 Å². The van der Waals surface area contributed by atoms with E-state index in [1.165, 1.54) is 6.07 Å². The zero-order valence-electron chi connectivity index (χ0n) is 12.5. The van der Waals surface area contributed by atoms with Gasteiger partial charge in [-0.05, 0) is 42.0 Å². The molecule has 4 rings (SSSR count). The molecule has 0 N–H and O–H groups in total. The van der Waals surface area contributed by atoms with Crippen molar-refractivity contribution in [3.63, 3.8) is 0 Å². The van der Waals surface area contributed by atoms with Gasteiger partial charge in [0.05, 0.1) is 21.5 Å². The van der Waals surface area contributed by atoms with E-state index in [1.54, 1.807) is 24.3 Å². The minimum atomic E-state index is -0.397. The van der Waals surface area contributed by atoms with Gasteiger partial charge in [0.15, 0.2) is 11.5 Å². The molecule has 2 heterocycles. The highest BCUT2D eigenvalue weighted by molar-refractivity contribution is 5.89. The summed E-state index contributed by atoms with van der Waals surface area (Å²) in [6.45, 7) is 0.244. The summed E-state index contributed by atoms with van der Waals surface area (Å²) in [6.07, 6.45) is 3.77. The molecule has 0 unspecified atom stereocenters. The maximum Gasteiger partial charge on any atom is 0.278 e. The molecule has 0 bridgehead atoms. The predicted octanol–water partition coefficient (Wildman–Crippen LogP) is 4.04. The zero-order valence-corrected chi connectivity index (χ0v) is 12.5. The molecular weight excluding hydrogens is 308 g/mol. The number of nitro groups is 1. The summed E-state index contributed by atoms with van der Waals surface area (Å²) in [5, 5.41) is 11.6. The molecule has 2 aromatic carbocycles. The van der Waals surface area contributed by atoms with Crippen molar-refractivity contribution >= 4 is 28.7 Å². The van der Waals surface area contributed by atoms with E-state index < -0.39 is 4.92 Å².